The van der Waals surface area contributed by atoms with Crippen LogP contribution in [-0.4, -0.2) is 48.6 Å². The molecule has 1 saturated carbocycles. The number of thiophene rings is 1. The summed E-state index contributed by atoms with van der Waals surface area (Å²) in [6.45, 7) is 5.63. The Morgan fingerprint density at radius 1 is 1.05 bits per heavy atom. The summed E-state index contributed by atoms with van der Waals surface area (Å²) < 4.78 is 10.8. The van der Waals surface area contributed by atoms with Gasteiger partial charge in [0.05, 0.1) is 13.0 Å². The first kappa shape index (κ1) is 26.3. The van der Waals surface area contributed by atoms with Gasteiger partial charge in [-0.2, -0.15) is 0 Å². The molecule has 0 bridgehead atoms. The van der Waals surface area contributed by atoms with Crippen molar-refractivity contribution in [3.63, 3.8) is 0 Å². The Morgan fingerprint density at radius 3 is 2.53 bits per heavy atom. The minimum Gasteiger partial charge on any atom is -0.476 e. The second kappa shape index (κ2) is 11.2. The van der Waals surface area contributed by atoms with E-state index in [1.54, 1.807) is 25.2 Å². The van der Waals surface area contributed by atoms with Crippen molar-refractivity contribution in [1.82, 2.24) is 4.90 Å². The van der Waals surface area contributed by atoms with Crippen LogP contribution >= 0.6 is 11.3 Å². The zero-order chi connectivity index (χ0) is 26.7. The van der Waals surface area contributed by atoms with Crippen LogP contribution in [0.15, 0.2) is 66.0 Å². The summed E-state index contributed by atoms with van der Waals surface area (Å²) in [4.78, 5) is 31.5. The Labute approximate surface area is 229 Å². The summed E-state index contributed by atoms with van der Waals surface area (Å²) in [5.41, 5.74) is 2.32. The van der Waals surface area contributed by atoms with E-state index in [0.717, 1.165) is 37.9 Å². The van der Waals surface area contributed by atoms with Crippen LogP contribution in [0.25, 0.3) is 10.4 Å². The van der Waals surface area contributed by atoms with Crippen molar-refractivity contribution in [3.05, 3.63) is 71.6 Å². The third-order valence-electron chi connectivity index (χ3n) is 7.39. The number of hydrogen-bond donors (Lipinski definition) is 0. The molecular weight excluding hydrogens is 496 g/mol. The van der Waals surface area contributed by atoms with Crippen LogP contribution < -0.4 is 9.64 Å². The Bertz CT molecular complexity index is 1250. The van der Waals surface area contributed by atoms with Crippen molar-refractivity contribution in [3.8, 4) is 16.2 Å². The zero-order valence-electron chi connectivity index (χ0n) is 22.4. The molecule has 1 amide bonds. The van der Waals surface area contributed by atoms with Crippen molar-refractivity contribution in [2.45, 2.75) is 57.7 Å². The van der Waals surface area contributed by atoms with Gasteiger partial charge in [-0.25, -0.2) is 4.79 Å². The minimum atomic E-state index is -1.08. The van der Waals surface area contributed by atoms with Gasteiger partial charge in [0, 0.05) is 42.3 Å². The lowest BCUT2D eigenvalue weighted by atomic mass is 9.95. The van der Waals surface area contributed by atoms with E-state index < -0.39 is 11.6 Å². The van der Waals surface area contributed by atoms with E-state index in [0.29, 0.717) is 24.9 Å². The first-order chi connectivity index (χ1) is 18.3. The number of carbonyl (C=O) groups is 2. The number of ether oxygens (including phenoxy) is 2. The van der Waals surface area contributed by atoms with Gasteiger partial charge in [0.25, 0.3) is 0 Å². The van der Waals surface area contributed by atoms with Gasteiger partial charge in [0.15, 0.2) is 5.60 Å². The fraction of sp³-hybridized carbons (Fsp3) is 0.419. The van der Waals surface area contributed by atoms with Crippen LogP contribution in [0.1, 0.15) is 45.1 Å². The Morgan fingerprint density at radius 2 is 1.84 bits per heavy atom. The predicted molar refractivity (Wildman–Crippen MR) is 151 cm³/mol. The van der Waals surface area contributed by atoms with Crippen molar-refractivity contribution in [1.29, 1.82) is 0 Å². The van der Waals surface area contributed by atoms with Crippen molar-refractivity contribution in [2.24, 2.45) is 5.92 Å². The molecule has 200 valence electrons. The van der Waals surface area contributed by atoms with E-state index in [1.807, 2.05) is 24.3 Å². The number of hydrogen-bond acceptors (Lipinski definition) is 6. The van der Waals surface area contributed by atoms with Crippen LogP contribution in [0.5, 0.6) is 5.75 Å². The van der Waals surface area contributed by atoms with Crippen LogP contribution in [-0.2, 0) is 20.9 Å². The zero-order valence-corrected chi connectivity index (χ0v) is 23.2. The molecule has 1 saturated heterocycles. The van der Waals surface area contributed by atoms with Crippen LogP contribution in [0.4, 0.5) is 5.69 Å². The first-order valence-corrected chi connectivity index (χ1v) is 14.3. The average Bonchev–Trinajstić information content (AvgIpc) is 3.63. The number of rotatable bonds is 9. The van der Waals surface area contributed by atoms with Gasteiger partial charge in [-0.15, -0.1) is 11.3 Å². The van der Waals surface area contributed by atoms with Gasteiger partial charge in [-0.3, -0.25) is 4.79 Å². The van der Waals surface area contributed by atoms with Gasteiger partial charge in [-0.1, -0.05) is 36.4 Å². The second-order valence-corrected chi connectivity index (χ2v) is 11.7. The quantitative estimate of drug-likeness (QED) is 0.309. The number of carbonyl (C=O) groups excluding carboxylic acids is 2. The molecule has 0 spiro atoms. The second-order valence-electron chi connectivity index (χ2n) is 10.8. The summed E-state index contributed by atoms with van der Waals surface area (Å²) in [5, 5.41) is 2.09. The highest BCUT2D eigenvalue weighted by Crippen LogP contribution is 2.34. The summed E-state index contributed by atoms with van der Waals surface area (Å²) in [5.74, 6) is 0.411. The van der Waals surface area contributed by atoms with E-state index in [2.05, 4.69) is 51.6 Å². The minimum absolute atomic E-state index is 0.0363. The summed E-state index contributed by atoms with van der Waals surface area (Å²) in [7, 11) is 1.36. The molecule has 2 heterocycles. The van der Waals surface area contributed by atoms with E-state index in [4.69, 9.17) is 9.47 Å². The molecule has 1 aromatic heterocycles. The largest absolute Gasteiger partial charge is 0.476 e. The number of esters is 1. The molecule has 0 unspecified atom stereocenters. The van der Waals surface area contributed by atoms with E-state index in [1.165, 1.54) is 23.1 Å². The maximum Gasteiger partial charge on any atom is 0.349 e. The molecule has 2 fully saturated rings. The smallest absolute Gasteiger partial charge is 0.349 e. The fourth-order valence-corrected chi connectivity index (χ4v) is 5.89. The standard InChI is InChI=1S/C31H36N2O4S/c1-31(2,30(35)36-3)37-27-9-4-8-26(19-27)32-17-5-7-24(21-32)29(34)33(25-15-16-25)20-22-11-13-23(14-12-22)28-10-6-18-38-28/h4,6,8-14,18-19,24-25H,5,7,15-17,20-21H2,1-3H3/t24-/m0/s1. The van der Waals surface area contributed by atoms with E-state index >= 15 is 0 Å². The van der Waals surface area contributed by atoms with Gasteiger partial charge in [-0.05, 0) is 74.2 Å². The molecule has 38 heavy (non-hydrogen) atoms. The highest BCUT2D eigenvalue weighted by molar-refractivity contribution is 7.13. The maximum absolute atomic E-state index is 13.8. The summed E-state index contributed by atoms with van der Waals surface area (Å²) in [6, 6.07) is 21.0. The number of benzene rings is 2. The number of methoxy groups -OCH3 is 1. The monoisotopic (exact) mass is 532 g/mol. The van der Waals surface area contributed by atoms with E-state index in [-0.39, 0.29) is 11.8 Å². The Kier molecular flexibility index (Phi) is 7.75. The van der Waals surface area contributed by atoms with Crippen LogP contribution in [0.2, 0.25) is 0 Å². The van der Waals surface area contributed by atoms with Gasteiger partial charge < -0.3 is 19.3 Å². The van der Waals surface area contributed by atoms with Gasteiger partial charge >= 0.3 is 5.97 Å². The molecule has 1 atom stereocenters. The third kappa shape index (κ3) is 6.04. The Hall–Kier alpha value is -3.32. The summed E-state index contributed by atoms with van der Waals surface area (Å²) >= 11 is 1.74. The molecule has 7 heteroatoms. The van der Waals surface area contributed by atoms with Crippen LogP contribution in [0, 0.1) is 5.92 Å². The number of nitrogens with zero attached hydrogens (tertiary/aromatic N) is 2. The lowest BCUT2D eigenvalue weighted by Gasteiger charge is -2.36. The topological polar surface area (TPSA) is 59.1 Å². The van der Waals surface area contributed by atoms with Crippen molar-refractivity contribution >= 4 is 28.9 Å². The van der Waals surface area contributed by atoms with Gasteiger partial charge in [0.1, 0.15) is 5.75 Å². The molecule has 0 N–H and O–H groups in total. The molecule has 2 aromatic carbocycles. The number of amides is 1. The highest BCUT2D eigenvalue weighted by atomic mass is 32.1. The lowest BCUT2D eigenvalue weighted by Crippen LogP contribution is -2.45. The summed E-state index contributed by atoms with van der Waals surface area (Å²) in [6.07, 6.45) is 4.04. The Balaban J connectivity index is 1.25. The predicted octanol–water partition coefficient (Wildman–Crippen LogP) is 6.15. The van der Waals surface area contributed by atoms with E-state index in [9.17, 15) is 9.59 Å². The fourth-order valence-electron chi connectivity index (χ4n) is 5.16. The number of piperidine rings is 1. The highest BCUT2D eigenvalue weighted by Gasteiger charge is 2.37. The average molecular weight is 533 g/mol. The molecule has 3 aromatic rings. The molecule has 2 aliphatic rings. The first-order valence-electron chi connectivity index (χ1n) is 13.4. The molecule has 1 aliphatic carbocycles. The van der Waals surface area contributed by atoms with Crippen LogP contribution in [0.3, 0.4) is 0 Å². The molecule has 0 radical (unpaired) electrons. The maximum atomic E-state index is 13.8. The normalized spacial score (nSPS) is 17.7. The third-order valence-corrected chi connectivity index (χ3v) is 8.31. The number of anilines is 1. The molecular formula is C31H36N2O4S. The lowest BCUT2D eigenvalue weighted by molar-refractivity contribution is -0.156. The SMILES string of the molecule is COC(=O)C(C)(C)Oc1cccc(N2CCC[C@H](C(=O)N(Cc3ccc(-c4cccs4)cc3)C3CC3)C2)c1. The molecule has 5 rings (SSSR count). The van der Waals surface area contributed by atoms with Crippen molar-refractivity contribution < 1.29 is 19.1 Å². The van der Waals surface area contributed by atoms with Crippen molar-refractivity contribution in [2.75, 3.05) is 25.1 Å². The molecule has 1 aliphatic heterocycles. The molecule has 6 nitrogen and oxygen atoms in total. The van der Waals surface area contributed by atoms with Gasteiger partial charge in [0.2, 0.25) is 5.91 Å².